The number of carbonyl (C=O) groups is 1. The first-order valence-corrected chi connectivity index (χ1v) is 4.67. The molecule has 5 heteroatoms. The van der Waals surface area contributed by atoms with Crippen LogP contribution in [0, 0.1) is 5.92 Å². The van der Waals surface area contributed by atoms with Gasteiger partial charge in [-0.2, -0.15) is 8.78 Å². The van der Waals surface area contributed by atoms with Crippen LogP contribution in [0.1, 0.15) is 20.3 Å². The number of hydrogen-bond donors (Lipinski definition) is 1. The summed E-state index contributed by atoms with van der Waals surface area (Å²) in [6.45, 7) is 5.43. The summed E-state index contributed by atoms with van der Waals surface area (Å²) in [5.41, 5.74) is 0. The number of rotatable bonds is 7. The highest BCUT2D eigenvalue weighted by Gasteiger charge is 2.13. The van der Waals surface area contributed by atoms with E-state index in [1.807, 2.05) is 13.8 Å². The minimum absolute atomic E-state index is 0.237. The van der Waals surface area contributed by atoms with Gasteiger partial charge in [0.25, 0.3) is 5.91 Å². The molecule has 3 nitrogen and oxygen atoms in total. The Morgan fingerprint density at radius 3 is 2.57 bits per heavy atom. The number of nitrogens with one attached hydrogen (secondary N) is 1. The molecule has 0 aliphatic rings. The summed E-state index contributed by atoms with van der Waals surface area (Å²) >= 11 is 0. The van der Waals surface area contributed by atoms with E-state index in [4.69, 9.17) is 4.74 Å². The molecule has 14 heavy (non-hydrogen) atoms. The molecule has 0 aromatic rings. The highest BCUT2D eigenvalue weighted by Crippen LogP contribution is 1.94. The second-order valence-electron chi connectivity index (χ2n) is 3.41. The second kappa shape index (κ2) is 7.67. The smallest absolute Gasteiger partial charge is 0.315 e. The SMILES string of the molecule is CC(C)COCCCNC(=O)C(F)F. The maximum absolute atomic E-state index is 11.7. The number of ether oxygens (including phenoxy) is 1. The third-order valence-electron chi connectivity index (χ3n) is 1.41. The average Bonchev–Trinajstić information content (AvgIpc) is 2.09. The zero-order valence-corrected chi connectivity index (χ0v) is 8.56. The predicted octanol–water partition coefficient (Wildman–Crippen LogP) is 1.43. The third kappa shape index (κ3) is 7.91. The summed E-state index contributed by atoms with van der Waals surface area (Å²) in [6.07, 6.45) is -2.36. The number of amides is 1. The Labute approximate surface area is 82.8 Å². The molecule has 0 bridgehead atoms. The van der Waals surface area contributed by atoms with Crippen LogP contribution in [0.2, 0.25) is 0 Å². The summed E-state index contributed by atoms with van der Waals surface area (Å²) in [6, 6.07) is 0. The van der Waals surface area contributed by atoms with Gasteiger partial charge in [-0.05, 0) is 12.3 Å². The van der Waals surface area contributed by atoms with Gasteiger partial charge in [0.1, 0.15) is 0 Å². The van der Waals surface area contributed by atoms with Crippen molar-refractivity contribution in [2.24, 2.45) is 5.92 Å². The Balaban J connectivity index is 3.18. The van der Waals surface area contributed by atoms with Gasteiger partial charge in [-0.15, -0.1) is 0 Å². The first-order valence-electron chi connectivity index (χ1n) is 4.67. The molecule has 1 amide bonds. The van der Waals surface area contributed by atoms with E-state index in [1.54, 1.807) is 0 Å². The summed E-state index contributed by atoms with van der Waals surface area (Å²) in [5, 5.41) is 2.10. The Bertz CT molecular complexity index is 163. The van der Waals surface area contributed by atoms with Crippen LogP contribution in [0.4, 0.5) is 8.78 Å². The molecule has 0 atom stereocenters. The highest BCUT2D eigenvalue weighted by atomic mass is 19.3. The molecule has 0 heterocycles. The van der Waals surface area contributed by atoms with Gasteiger partial charge in [-0.25, -0.2) is 0 Å². The monoisotopic (exact) mass is 209 g/mol. The molecule has 0 aliphatic heterocycles. The van der Waals surface area contributed by atoms with Crippen molar-refractivity contribution in [1.82, 2.24) is 5.32 Å². The van der Waals surface area contributed by atoms with E-state index in [0.717, 1.165) is 0 Å². The van der Waals surface area contributed by atoms with E-state index in [9.17, 15) is 13.6 Å². The molecule has 0 fully saturated rings. The van der Waals surface area contributed by atoms with Crippen molar-refractivity contribution in [2.45, 2.75) is 26.7 Å². The first-order chi connectivity index (χ1) is 6.54. The minimum Gasteiger partial charge on any atom is -0.381 e. The van der Waals surface area contributed by atoms with Crippen LogP contribution in [0.5, 0.6) is 0 Å². The molecule has 0 aromatic carbocycles. The van der Waals surface area contributed by atoms with Crippen molar-refractivity contribution in [1.29, 1.82) is 0 Å². The molecule has 0 unspecified atom stereocenters. The molecular weight excluding hydrogens is 192 g/mol. The zero-order valence-electron chi connectivity index (χ0n) is 8.56. The largest absolute Gasteiger partial charge is 0.381 e. The Kier molecular flexibility index (Phi) is 7.28. The Morgan fingerprint density at radius 2 is 2.07 bits per heavy atom. The molecule has 84 valence electrons. The molecular formula is C9H17F2NO2. The topological polar surface area (TPSA) is 38.3 Å². The normalized spacial score (nSPS) is 11.0. The lowest BCUT2D eigenvalue weighted by Gasteiger charge is -2.07. The van der Waals surface area contributed by atoms with Crippen molar-refractivity contribution in [3.8, 4) is 0 Å². The molecule has 0 aliphatic carbocycles. The van der Waals surface area contributed by atoms with E-state index >= 15 is 0 Å². The quantitative estimate of drug-likeness (QED) is 0.644. The lowest BCUT2D eigenvalue weighted by Crippen LogP contribution is -2.30. The lowest BCUT2D eigenvalue weighted by molar-refractivity contribution is -0.131. The summed E-state index contributed by atoms with van der Waals surface area (Å²) < 4.78 is 28.5. The fraction of sp³-hybridized carbons (Fsp3) is 0.889. The molecule has 0 aromatic heterocycles. The second-order valence-corrected chi connectivity index (χ2v) is 3.41. The third-order valence-corrected chi connectivity index (χ3v) is 1.41. The van der Waals surface area contributed by atoms with Gasteiger partial charge in [0, 0.05) is 19.8 Å². The van der Waals surface area contributed by atoms with E-state index in [1.165, 1.54) is 0 Å². The summed E-state index contributed by atoms with van der Waals surface area (Å²) in [5.74, 6) is -0.750. The molecule has 1 N–H and O–H groups in total. The van der Waals surface area contributed by atoms with Gasteiger partial charge in [0.2, 0.25) is 0 Å². The summed E-state index contributed by atoms with van der Waals surface area (Å²) in [4.78, 5) is 10.4. The standard InChI is InChI=1S/C9H17F2NO2/c1-7(2)6-14-5-3-4-12-9(13)8(10)11/h7-8H,3-6H2,1-2H3,(H,12,13). The maximum Gasteiger partial charge on any atom is 0.315 e. The van der Waals surface area contributed by atoms with Gasteiger partial charge < -0.3 is 10.1 Å². The van der Waals surface area contributed by atoms with Crippen molar-refractivity contribution < 1.29 is 18.3 Å². The number of alkyl halides is 2. The Morgan fingerprint density at radius 1 is 1.43 bits per heavy atom. The van der Waals surface area contributed by atoms with Crippen molar-refractivity contribution >= 4 is 5.91 Å². The van der Waals surface area contributed by atoms with Crippen LogP contribution >= 0.6 is 0 Å². The fourth-order valence-corrected chi connectivity index (χ4v) is 0.782. The number of halogens is 2. The zero-order chi connectivity index (χ0) is 11.0. The maximum atomic E-state index is 11.7. The average molecular weight is 209 g/mol. The van der Waals surface area contributed by atoms with Gasteiger partial charge >= 0.3 is 6.43 Å². The summed E-state index contributed by atoms with van der Waals surface area (Å²) in [7, 11) is 0. The predicted molar refractivity (Wildman–Crippen MR) is 49.3 cm³/mol. The van der Waals surface area contributed by atoms with Gasteiger partial charge in [0.05, 0.1) is 0 Å². The van der Waals surface area contributed by atoms with Crippen molar-refractivity contribution in [3.63, 3.8) is 0 Å². The molecule has 0 saturated carbocycles. The molecule has 0 spiro atoms. The number of carbonyl (C=O) groups excluding carboxylic acids is 1. The van der Waals surface area contributed by atoms with Gasteiger partial charge in [0.15, 0.2) is 0 Å². The van der Waals surface area contributed by atoms with E-state index < -0.39 is 12.3 Å². The van der Waals surface area contributed by atoms with Crippen LogP contribution in [0.25, 0.3) is 0 Å². The fourth-order valence-electron chi connectivity index (χ4n) is 0.782. The van der Waals surface area contributed by atoms with Crippen LogP contribution in [-0.4, -0.2) is 32.1 Å². The van der Waals surface area contributed by atoms with Crippen LogP contribution in [-0.2, 0) is 9.53 Å². The van der Waals surface area contributed by atoms with E-state index in [-0.39, 0.29) is 6.54 Å². The lowest BCUT2D eigenvalue weighted by atomic mass is 10.2. The van der Waals surface area contributed by atoms with Crippen LogP contribution in [0.3, 0.4) is 0 Å². The van der Waals surface area contributed by atoms with Gasteiger partial charge in [-0.3, -0.25) is 4.79 Å². The van der Waals surface area contributed by atoms with Crippen molar-refractivity contribution in [3.05, 3.63) is 0 Å². The molecule has 0 saturated heterocycles. The van der Waals surface area contributed by atoms with E-state index in [2.05, 4.69) is 5.32 Å². The number of hydrogen-bond acceptors (Lipinski definition) is 2. The van der Waals surface area contributed by atoms with Crippen molar-refractivity contribution in [2.75, 3.05) is 19.8 Å². The molecule has 0 radical (unpaired) electrons. The van der Waals surface area contributed by atoms with Crippen LogP contribution in [0.15, 0.2) is 0 Å². The van der Waals surface area contributed by atoms with Gasteiger partial charge in [-0.1, -0.05) is 13.8 Å². The Hall–Kier alpha value is -0.710. The first kappa shape index (κ1) is 13.3. The minimum atomic E-state index is -2.92. The highest BCUT2D eigenvalue weighted by molar-refractivity contribution is 5.78. The molecule has 0 rings (SSSR count). The van der Waals surface area contributed by atoms with Crippen LogP contribution < -0.4 is 5.32 Å². The van der Waals surface area contributed by atoms with E-state index in [0.29, 0.717) is 25.6 Å².